The second-order valence-electron chi connectivity index (χ2n) is 3.46. The van der Waals surface area contributed by atoms with Crippen LogP contribution < -0.4 is 4.74 Å². The summed E-state index contributed by atoms with van der Waals surface area (Å²) in [6.07, 6.45) is 0. The lowest BCUT2D eigenvalue weighted by Gasteiger charge is -2.06. The molecule has 0 radical (unpaired) electrons. The standard InChI is InChI=1S/C13H9BrN2O/c1-9-12(14)5-6-13(16-9)17-11-4-2-3-10(7-11)8-15/h2-7H,1H3. The normalized spacial score (nSPS) is 9.71. The van der Waals surface area contributed by atoms with E-state index in [1.165, 1.54) is 0 Å². The highest BCUT2D eigenvalue weighted by atomic mass is 79.9. The van der Waals surface area contributed by atoms with Crippen LogP contribution in [0.15, 0.2) is 40.9 Å². The molecule has 17 heavy (non-hydrogen) atoms. The predicted molar refractivity (Wildman–Crippen MR) is 67.9 cm³/mol. The fourth-order valence-corrected chi connectivity index (χ4v) is 1.55. The molecule has 0 saturated heterocycles. The summed E-state index contributed by atoms with van der Waals surface area (Å²) in [4.78, 5) is 4.27. The highest BCUT2D eigenvalue weighted by Crippen LogP contribution is 2.23. The summed E-state index contributed by atoms with van der Waals surface area (Å²) < 4.78 is 6.51. The van der Waals surface area contributed by atoms with E-state index in [1.807, 2.05) is 13.0 Å². The molecule has 0 fully saturated rings. The number of ether oxygens (including phenoxy) is 1. The summed E-state index contributed by atoms with van der Waals surface area (Å²) >= 11 is 3.38. The van der Waals surface area contributed by atoms with Gasteiger partial charge in [-0.25, -0.2) is 4.98 Å². The Morgan fingerprint density at radius 2 is 2.12 bits per heavy atom. The molecular formula is C13H9BrN2O. The van der Waals surface area contributed by atoms with Crippen LogP contribution in [-0.2, 0) is 0 Å². The molecule has 3 nitrogen and oxygen atoms in total. The molecule has 1 heterocycles. The molecule has 4 heteroatoms. The Balaban J connectivity index is 2.25. The molecular weight excluding hydrogens is 280 g/mol. The van der Waals surface area contributed by atoms with Crippen LogP contribution >= 0.6 is 15.9 Å². The molecule has 0 atom stereocenters. The Labute approximate surface area is 108 Å². The monoisotopic (exact) mass is 288 g/mol. The molecule has 0 unspecified atom stereocenters. The van der Waals surface area contributed by atoms with E-state index >= 15 is 0 Å². The second-order valence-corrected chi connectivity index (χ2v) is 4.31. The average molecular weight is 289 g/mol. The lowest BCUT2D eigenvalue weighted by molar-refractivity contribution is 0.461. The molecule has 0 spiro atoms. The fraction of sp³-hybridized carbons (Fsp3) is 0.0769. The molecule has 0 saturated carbocycles. The molecule has 1 aromatic heterocycles. The van der Waals surface area contributed by atoms with Gasteiger partial charge < -0.3 is 4.74 Å². The van der Waals surface area contributed by atoms with Crippen LogP contribution in [0, 0.1) is 18.3 Å². The van der Waals surface area contributed by atoms with Crippen LogP contribution in [0.4, 0.5) is 0 Å². The van der Waals surface area contributed by atoms with E-state index in [1.54, 1.807) is 30.3 Å². The van der Waals surface area contributed by atoms with E-state index in [9.17, 15) is 0 Å². The van der Waals surface area contributed by atoms with Crippen molar-refractivity contribution in [3.63, 3.8) is 0 Å². The third kappa shape index (κ3) is 2.83. The van der Waals surface area contributed by atoms with Gasteiger partial charge in [0.05, 0.1) is 17.3 Å². The fourth-order valence-electron chi connectivity index (χ4n) is 1.33. The Kier molecular flexibility index (Phi) is 3.40. The number of nitriles is 1. The van der Waals surface area contributed by atoms with Gasteiger partial charge in [-0.1, -0.05) is 6.07 Å². The van der Waals surface area contributed by atoms with Crippen molar-refractivity contribution >= 4 is 15.9 Å². The highest BCUT2D eigenvalue weighted by molar-refractivity contribution is 9.10. The van der Waals surface area contributed by atoms with Gasteiger partial charge in [0.15, 0.2) is 0 Å². The lowest BCUT2D eigenvalue weighted by atomic mass is 10.2. The zero-order valence-corrected chi connectivity index (χ0v) is 10.7. The van der Waals surface area contributed by atoms with Crippen molar-refractivity contribution in [1.82, 2.24) is 4.98 Å². The molecule has 0 aliphatic heterocycles. The maximum absolute atomic E-state index is 8.78. The first kappa shape index (κ1) is 11.6. The van der Waals surface area contributed by atoms with Gasteiger partial charge in [0.1, 0.15) is 5.75 Å². The molecule has 0 bridgehead atoms. The molecule has 2 rings (SSSR count). The molecule has 84 valence electrons. The number of pyridine rings is 1. The summed E-state index contributed by atoms with van der Waals surface area (Å²) in [5, 5.41) is 8.78. The number of hydrogen-bond acceptors (Lipinski definition) is 3. The number of rotatable bonds is 2. The summed E-state index contributed by atoms with van der Waals surface area (Å²) in [6.45, 7) is 1.89. The number of aromatic nitrogens is 1. The first-order valence-corrected chi connectivity index (χ1v) is 5.79. The minimum atomic E-state index is 0.515. The summed E-state index contributed by atoms with van der Waals surface area (Å²) in [7, 11) is 0. The van der Waals surface area contributed by atoms with Gasteiger partial charge in [-0.3, -0.25) is 0 Å². The molecule has 2 aromatic rings. The number of aryl methyl sites for hydroxylation is 1. The summed E-state index contributed by atoms with van der Waals surface area (Å²) in [6, 6.07) is 12.7. The van der Waals surface area contributed by atoms with Gasteiger partial charge in [0.2, 0.25) is 5.88 Å². The first-order chi connectivity index (χ1) is 8.19. The van der Waals surface area contributed by atoms with Crippen LogP contribution in [0.1, 0.15) is 11.3 Å². The van der Waals surface area contributed by atoms with Crippen molar-refractivity contribution < 1.29 is 4.74 Å². The second kappa shape index (κ2) is 4.98. The lowest BCUT2D eigenvalue weighted by Crippen LogP contribution is -1.90. The number of halogens is 1. The maximum atomic E-state index is 8.78. The molecule has 0 aliphatic carbocycles. The van der Waals surface area contributed by atoms with Crippen LogP contribution in [0.2, 0.25) is 0 Å². The zero-order valence-electron chi connectivity index (χ0n) is 9.14. The largest absolute Gasteiger partial charge is 0.439 e. The SMILES string of the molecule is Cc1nc(Oc2cccc(C#N)c2)ccc1Br. The van der Waals surface area contributed by atoms with Crippen molar-refractivity contribution in [3.8, 4) is 17.7 Å². The van der Waals surface area contributed by atoms with Crippen molar-refractivity contribution in [2.75, 3.05) is 0 Å². The van der Waals surface area contributed by atoms with Crippen molar-refractivity contribution in [2.45, 2.75) is 6.92 Å². The predicted octanol–water partition coefficient (Wildman–Crippen LogP) is 3.82. The van der Waals surface area contributed by atoms with Crippen molar-refractivity contribution in [1.29, 1.82) is 5.26 Å². The van der Waals surface area contributed by atoms with E-state index < -0.39 is 0 Å². The molecule has 0 aliphatic rings. The molecule has 0 N–H and O–H groups in total. The Hall–Kier alpha value is -1.86. The Morgan fingerprint density at radius 1 is 1.29 bits per heavy atom. The quantitative estimate of drug-likeness (QED) is 0.844. The van der Waals surface area contributed by atoms with Crippen LogP contribution in [-0.4, -0.2) is 4.98 Å². The average Bonchev–Trinajstić information content (AvgIpc) is 2.34. The van der Waals surface area contributed by atoms with Gasteiger partial charge in [0, 0.05) is 10.5 Å². The van der Waals surface area contributed by atoms with E-state index in [4.69, 9.17) is 10.00 Å². The van der Waals surface area contributed by atoms with E-state index in [-0.39, 0.29) is 0 Å². The smallest absolute Gasteiger partial charge is 0.219 e. The van der Waals surface area contributed by atoms with Crippen molar-refractivity contribution in [2.24, 2.45) is 0 Å². The van der Waals surface area contributed by atoms with Gasteiger partial charge in [0.25, 0.3) is 0 Å². The van der Waals surface area contributed by atoms with Gasteiger partial charge in [-0.15, -0.1) is 0 Å². The Bertz CT molecular complexity index is 590. The third-order valence-electron chi connectivity index (χ3n) is 2.18. The third-order valence-corrected chi connectivity index (χ3v) is 3.02. The van der Waals surface area contributed by atoms with Gasteiger partial charge in [-0.2, -0.15) is 5.26 Å². The number of benzene rings is 1. The van der Waals surface area contributed by atoms with E-state index in [0.717, 1.165) is 10.2 Å². The number of nitrogens with zero attached hydrogens (tertiary/aromatic N) is 2. The van der Waals surface area contributed by atoms with E-state index in [2.05, 4.69) is 27.0 Å². The van der Waals surface area contributed by atoms with Crippen LogP contribution in [0.3, 0.4) is 0 Å². The highest BCUT2D eigenvalue weighted by Gasteiger charge is 2.02. The first-order valence-electron chi connectivity index (χ1n) is 5.00. The topological polar surface area (TPSA) is 45.9 Å². The van der Waals surface area contributed by atoms with E-state index in [0.29, 0.717) is 17.2 Å². The van der Waals surface area contributed by atoms with Crippen LogP contribution in [0.5, 0.6) is 11.6 Å². The summed E-state index contributed by atoms with van der Waals surface area (Å²) in [5.74, 6) is 1.12. The maximum Gasteiger partial charge on any atom is 0.219 e. The number of hydrogen-bond donors (Lipinski definition) is 0. The minimum Gasteiger partial charge on any atom is -0.439 e. The Morgan fingerprint density at radius 3 is 2.82 bits per heavy atom. The summed E-state index contributed by atoms with van der Waals surface area (Å²) in [5.41, 5.74) is 1.43. The molecule has 0 amide bonds. The van der Waals surface area contributed by atoms with Gasteiger partial charge in [-0.05, 0) is 47.1 Å². The minimum absolute atomic E-state index is 0.515. The van der Waals surface area contributed by atoms with Gasteiger partial charge >= 0.3 is 0 Å². The van der Waals surface area contributed by atoms with Crippen LogP contribution in [0.25, 0.3) is 0 Å². The zero-order chi connectivity index (χ0) is 12.3. The molecule has 1 aromatic carbocycles. The van der Waals surface area contributed by atoms with Crippen molar-refractivity contribution in [3.05, 3.63) is 52.1 Å².